The van der Waals surface area contributed by atoms with Gasteiger partial charge < -0.3 is 10.4 Å². The van der Waals surface area contributed by atoms with E-state index >= 15 is 0 Å². The minimum absolute atomic E-state index is 0.0288. The summed E-state index contributed by atoms with van der Waals surface area (Å²) in [5.41, 5.74) is 0.744. The summed E-state index contributed by atoms with van der Waals surface area (Å²) in [6.45, 7) is 0. The maximum Gasteiger partial charge on any atom is 0.313 e. The molecule has 9 heteroatoms. The normalized spacial score (nSPS) is 10.4. The molecule has 2 N–H and O–H groups in total. The number of nitrogens with one attached hydrogen (secondary N) is 1. The molecule has 0 bridgehead atoms. The summed E-state index contributed by atoms with van der Waals surface area (Å²) in [6.07, 6.45) is 0. The number of carbonyl (C=O) groups is 1. The van der Waals surface area contributed by atoms with E-state index in [4.69, 9.17) is 16.7 Å². The highest BCUT2D eigenvalue weighted by Crippen LogP contribution is 2.31. The lowest BCUT2D eigenvalue weighted by atomic mass is 10.3. The molecule has 100 valence electrons. The number of hydrogen-bond donors (Lipinski definition) is 2. The monoisotopic (exact) mass is 427 g/mol. The fourth-order valence-corrected chi connectivity index (χ4v) is 3.54. The Morgan fingerprint density at radius 1 is 1.53 bits per heavy atom. The summed E-state index contributed by atoms with van der Waals surface area (Å²) in [5.74, 6) is -0.908. The first-order valence-electron chi connectivity index (χ1n) is 4.95. The minimum Gasteiger partial charge on any atom is -0.481 e. The maximum absolute atomic E-state index is 10.4. The third-order valence-electron chi connectivity index (χ3n) is 1.90. The zero-order valence-electron chi connectivity index (χ0n) is 9.26. The average Bonchev–Trinajstić information content (AvgIpc) is 2.78. The molecule has 0 amide bonds. The van der Waals surface area contributed by atoms with Crippen molar-refractivity contribution in [3.63, 3.8) is 0 Å². The van der Waals surface area contributed by atoms with Gasteiger partial charge in [-0.25, -0.2) is 0 Å². The number of aromatic nitrogens is 2. The van der Waals surface area contributed by atoms with E-state index in [1.807, 2.05) is 18.2 Å². The molecule has 5 nitrogen and oxygen atoms in total. The summed E-state index contributed by atoms with van der Waals surface area (Å²) in [4.78, 5) is 10.4. The van der Waals surface area contributed by atoms with Gasteiger partial charge in [-0.3, -0.25) is 4.79 Å². The lowest BCUT2D eigenvalue weighted by Crippen LogP contribution is -1.96. The standard InChI is InChI=1S/C10H7ClIN3O2S2/c11-6-3-5(12)1-2-7(6)13-9-14-15-10(19-9)18-4-8(16)17/h1-3H,4H2,(H,13,14)(H,16,17). The number of aliphatic carboxylic acids is 1. The number of rotatable bonds is 5. The van der Waals surface area contributed by atoms with Gasteiger partial charge in [-0.05, 0) is 40.8 Å². The van der Waals surface area contributed by atoms with Gasteiger partial charge in [-0.2, -0.15) is 0 Å². The Hall–Kier alpha value is -0.580. The fourth-order valence-electron chi connectivity index (χ4n) is 1.15. The fraction of sp³-hybridized carbons (Fsp3) is 0.100. The number of anilines is 2. The molecule has 0 saturated heterocycles. The van der Waals surface area contributed by atoms with Gasteiger partial charge in [0.25, 0.3) is 0 Å². The Labute approximate surface area is 135 Å². The first-order chi connectivity index (χ1) is 9.04. The largest absolute Gasteiger partial charge is 0.481 e. The number of carboxylic acid groups (broad SMARTS) is 1. The number of halogens is 2. The Balaban J connectivity index is 2.05. The first kappa shape index (κ1) is 14.8. The lowest BCUT2D eigenvalue weighted by Gasteiger charge is -2.04. The smallest absolute Gasteiger partial charge is 0.313 e. The van der Waals surface area contributed by atoms with Crippen LogP contribution in [0.2, 0.25) is 5.02 Å². The SMILES string of the molecule is O=C(O)CSc1nnc(Nc2ccc(I)cc2Cl)s1. The van der Waals surface area contributed by atoms with Gasteiger partial charge in [0.05, 0.1) is 16.5 Å². The van der Waals surface area contributed by atoms with Gasteiger partial charge in [0, 0.05) is 3.57 Å². The van der Waals surface area contributed by atoms with Crippen molar-refractivity contribution in [3.8, 4) is 0 Å². The van der Waals surface area contributed by atoms with Gasteiger partial charge in [-0.15, -0.1) is 10.2 Å². The van der Waals surface area contributed by atoms with Gasteiger partial charge >= 0.3 is 5.97 Å². The molecule has 2 rings (SSSR count). The number of thioether (sulfide) groups is 1. The van der Waals surface area contributed by atoms with Crippen LogP contribution in [0.25, 0.3) is 0 Å². The molecule has 19 heavy (non-hydrogen) atoms. The average molecular weight is 428 g/mol. The molecule has 0 aliphatic heterocycles. The van der Waals surface area contributed by atoms with E-state index < -0.39 is 5.97 Å². The molecule has 0 aliphatic rings. The van der Waals surface area contributed by atoms with Crippen LogP contribution in [0, 0.1) is 3.57 Å². The van der Waals surface area contributed by atoms with E-state index in [9.17, 15) is 4.79 Å². The van der Waals surface area contributed by atoms with Crippen LogP contribution in [-0.4, -0.2) is 27.0 Å². The molecule has 1 aromatic heterocycles. The van der Waals surface area contributed by atoms with Crippen LogP contribution in [0.15, 0.2) is 22.5 Å². The van der Waals surface area contributed by atoms with Crippen molar-refractivity contribution >= 4 is 74.1 Å². The van der Waals surface area contributed by atoms with Gasteiger partial charge in [0.1, 0.15) is 0 Å². The zero-order chi connectivity index (χ0) is 13.8. The second-order valence-electron chi connectivity index (χ2n) is 3.30. The highest BCUT2D eigenvalue weighted by molar-refractivity contribution is 14.1. The van der Waals surface area contributed by atoms with Crippen LogP contribution in [0.4, 0.5) is 10.8 Å². The van der Waals surface area contributed by atoms with E-state index in [0.29, 0.717) is 14.5 Å². The van der Waals surface area contributed by atoms with Crippen LogP contribution >= 0.6 is 57.3 Å². The third kappa shape index (κ3) is 4.48. The van der Waals surface area contributed by atoms with Crippen molar-refractivity contribution in [2.75, 3.05) is 11.1 Å². The predicted octanol–water partition coefficient (Wildman–Crippen LogP) is 3.72. The van der Waals surface area contributed by atoms with Gasteiger partial charge in [0.15, 0.2) is 4.34 Å². The Morgan fingerprint density at radius 3 is 3.00 bits per heavy atom. The van der Waals surface area contributed by atoms with Crippen molar-refractivity contribution in [2.24, 2.45) is 0 Å². The highest BCUT2D eigenvalue weighted by Gasteiger charge is 2.08. The molecule has 0 spiro atoms. The molecule has 0 radical (unpaired) electrons. The second-order valence-corrected chi connectivity index (χ2v) is 7.16. The lowest BCUT2D eigenvalue weighted by molar-refractivity contribution is -0.133. The van der Waals surface area contributed by atoms with Crippen LogP contribution in [0.5, 0.6) is 0 Å². The van der Waals surface area contributed by atoms with Gasteiger partial charge in [-0.1, -0.05) is 34.7 Å². The predicted molar refractivity (Wildman–Crippen MR) is 85.7 cm³/mol. The molecule has 0 fully saturated rings. The quantitative estimate of drug-likeness (QED) is 0.560. The van der Waals surface area contributed by atoms with Crippen LogP contribution < -0.4 is 5.32 Å². The first-order valence-corrected chi connectivity index (χ1v) is 8.20. The highest BCUT2D eigenvalue weighted by atomic mass is 127. The Bertz CT molecular complexity index is 608. The summed E-state index contributed by atoms with van der Waals surface area (Å²) in [7, 11) is 0. The van der Waals surface area contributed by atoms with E-state index in [0.717, 1.165) is 21.0 Å². The number of hydrogen-bond acceptors (Lipinski definition) is 6. The summed E-state index contributed by atoms with van der Waals surface area (Å²) < 4.78 is 1.65. The minimum atomic E-state index is -0.879. The third-order valence-corrected chi connectivity index (χ3v) is 4.84. The van der Waals surface area contributed by atoms with Crippen molar-refractivity contribution in [1.82, 2.24) is 10.2 Å². The summed E-state index contributed by atoms with van der Waals surface area (Å²) in [6, 6.07) is 5.62. The van der Waals surface area contributed by atoms with Crippen molar-refractivity contribution in [1.29, 1.82) is 0 Å². The topological polar surface area (TPSA) is 75.1 Å². The van der Waals surface area contributed by atoms with Crippen molar-refractivity contribution in [3.05, 3.63) is 26.8 Å². The van der Waals surface area contributed by atoms with Crippen LogP contribution in [-0.2, 0) is 4.79 Å². The molecule has 0 unspecified atom stereocenters. The van der Waals surface area contributed by atoms with E-state index in [2.05, 4.69) is 38.1 Å². The van der Waals surface area contributed by atoms with Gasteiger partial charge in [0.2, 0.25) is 5.13 Å². The number of benzene rings is 1. The molecular formula is C10H7ClIN3O2S2. The van der Waals surface area contributed by atoms with E-state index in [1.54, 1.807) is 0 Å². The molecule has 0 saturated carbocycles. The molecule has 0 aliphatic carbocycles. The molecule has 0 atom stereocenters. The van der Waals surface area contributed by atoms with Crippen molar-refractivity contribution < 1.29 is 9.90 Å². The van der Waals surface area contributed by atoms with E-state index in [-0.39, 0.29) is 5.75 Å². The summed E-state index contributed by atoms with van der Waals surface area (Å²) >= 11 is 10.7. The molecular weight excluding hydrogens is 421 g/mol. The van der Waals surface area contributed by atoms with Crippen molar-refractivity contribution in [2.45, 2.75) is 4.34 Å². The van der Waals surface area contributed by atoms with E-state index in [1.165, 1.54) is 11.3 Å². The maximum atomic E-state index is 10.4. The zero-order valence-corrected chi connectivity index (χ0v) is 13.8. The Kier molecular flexibility index (Phi) is 5.25. The molecule has 1 aromatic carbocycles. The van der Waals surface area contributed by atoms with Crippen LogP contribution in [0.3, 0.4) is 0 Å². The Morgan fingerprint density at radius 2 is 2.32 bits per heavy atom. The number of carboxylic acids is 1. The molecule has 1 heterocycles. The van der Waals surface area contributed by atoms with Crippen LogP contribution in [0.1, 0.15) is 0 Å². The second kappa shape index (κ2) is 6.73. The number of nitrogens with zero attached hydrogens (tertiary/aromatic N) is 2. The summed E-state index contributed by atoms with van der Waals surface area (Å²) in [5, 5.41) is 20.6. The molecule has 2 aromatic rings.